The molecule has 1 N–H and O–H groups in total. The van der Waals surface area contributed by atoms with Gasteiger partial charge in [-0.25, -0.2) is 16.8 Å². The summed E-state index contributed by atoms with van der Waals surface area (Å²) in [5.74, 6) is -0.551. The van der Waals surface area contributed by atoms with Crippen LogP contribution in [0.25, 0.3) is 0 Å². The van der Waals surface area contributed by atoms with Gasteiger partial charge in [0, 0.05) is 17.6 Å². The Morgan fingerprint density at radius 2 is 1.90 bits per heavy atom. The molecule has 21 heavy (non-hydrogen) atoms. The second-order valence-electron chi connectivity index (χ2n) is 4.92. The van der Waals surface area contributed by atoms with E-state index in [4.69, 9.17) is 11.6 Å². The van der Waals surface area contributed by atoms with Crippen molar-refractivity contribution in [1.29, 1.82) is 0 Å². The molecule has 1 aliphatic rings. The normalized spacial score (nSPS) is 24.8. The van der Waals surface area contributed by atoms with Gasteiger partial charge >= 0.3 is 0 Å². The molecule has 0 aromatic heterocycles. The fourth-order valence-corrected chi connectivity index (χ4v) is 7.19. The number of sulfone groups is 2. The quantitative estimate of drug-likeness (QED) is 0.804. The molecule has 1 heterocycles. The SMILES string of the molecule is C=CCN[C@H]1CS(=O)(=O)C[C@@H]1S(=O)(=O)c1ccc(Cl)cc1. The van der Waals surface area contributed by atoms with Gasteiger partial charge in [0.2, 0.25) is 0 Å². The van der Waals surface area contributed by atoms with E-state index in [0.29, 0.717) is 11.6 Å². The van der Waals surface area contributed by atoms with Gasteiger partial charge < -0.3 is 5.32 Å². The molecular formula is C13H16ClNO4S2. The Kier molecular flexibility index (Phi) is 4.77. The molecule has 5 nitrogen and oxygen atoms in total. The van der Waals surface area contributed by atoms with E-state index in [1.165, 1.54) is 24.3 Å². The maximum absolute atomic E-state index is 12.6. The maximum Gasteiger partial charge on any atom is 0.183 e. The lowest BCUT2D eigenvalue weighted by Crippen LogP contribution is -2.43. The van der Waals surface area contributed by atoms with Gasteiger partial charge in [-0.2, -0.15) is 0 Å². The van der Waals surface area contributed by atoms with Crippen LogP contribution in [0.15, 0.2) is 41.8 Å². The molecule has 1 aliphatic heterocycles. The van der Waals surface area contributed by atoms with Gasteiger partial charge in [0.15, 0.2) is 19.7 Å². The van der Waals surface area contributed by atoms with Crippen LogP contribution < -0.4 is 5.32 Å². The van der Waals surface area contributed by atoms with Crippen molar-refractivity contribution in [2.45, 2.75) is 16.2 Å². The lowest BCUT2D eigenvalue weighted by molar-refractivity contribution is 0.544. The Bertz CT molecular complexity index is 726. The van der Waals surface area contributed by atoms with Crippen LogP contribution in [0.3, 0.4) is 0 Å². The molecule has 1 aromatic rings. The van der Waals surface area contributed by atoms with E-state index < -0.39 is 31.0 Å². The summed E-state index contributed by atoms with van der Waals surface area (Å²) in [5, 5.41) is 2.35. The highest BCUT2D eigenvalue weighted by molar-refractivity contribution is 7.96. The van der Waals surface area contributed by atoms with E-state index in [0.717, 1.165) is 0 Å². The number of rotatable bonds is 5. The molecule has 0 radical (unpaired) electrons. The minimum Gasteiger partial charge on any atom is -0.308 e. The van der Waals surface area contributed by atoms with Gasteiger partial charge in [0.25, 0.3) is 0 Å². The molecule has 8 heteroatoms. The van der Waals surface area contributed by atoms with Gasteiger partial charge in [0.05, 0.1) is 21.7 Å². The van der Waals surface area contributed by atoms with Gasteiger partial charge in [-0.05, 0) is 24.3 Å². The Hall–Kier alpha value is -0.890. The van der Waals surface area contributed by atoms with Gasteiger partial charge in [-0.1, -0.05) is 17.7 Å². The average Bonchev–Trinajstić information content (AvgIpc) is 2.73. The van der Waals surface area contributed by atoms with Crippen molar-refractivity contribution in [2.75, 3.05) is 18.1 Å². The van der Waals surface area contributed by atoms with Crippen molar-refractivity contribution in [1.82, 2.24) is 5.32 Å². The van der Waals surface area contributed by atoms with Crippen molar-refractivity contribution < 1.29 is 16.8 Å². The molecule has 2 atom stereocenters. The summed E-state index contributed by atoms with van der Waals surface area (Å²) in [5.41, 5.74) is 0. The number of hydrogen-bond donors (Lipinski definition) is 1. The molecule has 1 aromatic carbocycles. The zero-order chi connectivity index (χ0) is 15.7. The third kappa shape index (κ3) is 3.66. The maximum atomic E-state index is 12.6. The van der Waals surface area contributed by atoms with Crippen LogP contribution in [-0.2, 0) is 19.7 Å². The predicted molar refractivity (Wildman–Crippen MR) is 83.1 cm³/mol. The van der Waals surface area contributed by atoms with Crippen molar-refractivity contribution in [3.63, 3.8) is 0 Å². The van der Waals surface area contributed by atoms with E-state index in [-0.39, 0.29) is 16.4 Å². The monoisotopic (exact) mass is 349 g/mol. The number of halogens is 1. The molecule has 1 saturated heterocycles. The first-order valence-corrected chi connectivity index (χ1v) is 10.0. The van der Waals surface area contributed by atoms with Crippen molar-refractivity contribution >= 4 is 31.3 Å². The predicted octanol–water partition coefficient (Wildman–Crippen LogP) is 1.05. The number of benzene rings is 1. The number of nitrogens with one attached hydrogen (secondary N) is 1. The standard InChI is InChI=1S/C13H16ClNO4S2/c1-2-7-15-12-8-20(16,17)9-13(12)21(18,19)11-5-3-10(14)4-6-11/h2-6,12-13,15H,1,7-9H2/t12-,13-/m0/s1. The summed E-state index contributed by atoms with van der Waals surface area (Å²) in [6, 6.07) is 5.11. The van der Waals surface area contributed by atoms with Crippen LogP contribution in [0.4, 0.5) is 0 Å². The van der Waals surface area contributed by atoms with E-state index in [1.807, 2.05) is 0 Å². The molecule has 0 aliphatic carbocycles. The van der Waals surface area contributed by atoms with E-state index in [2.05, 4.69) is 11.9 Å². The summed E-state index contributed by atoms with van der Waals surface area (Å²) >= 11 is 5.75. The van der Waals surface area contributed by atoms with Crippen molar-refractivity contribution in [2.24, 2.45) is 0 Å². The molecule has 116 valence electrons. The number of hydrogen-bond acceptors (Lipinski definition) is 5. The van der Waals surface area contributed by atoms with Gasteiger partial charge in [-0.3, -0.25) is 0 Å². The molecule has 2 rings (SSSR count). The summed E-state index contributed by atoms with van der Waals surface area (Å²) < 4.78 is 48.9. The highest BCUT2D eigenvalue weighted by atomic mass is 35.5. The van der Waals surface area contributed by atoms with E-state index >= 15 is 0 Å². The van der Waals surface area contributed by atoms with Crippen LogP contribution in [-0.4, -0.2) is 46.2 Å². The molecule has 0 saturated carbocycles. The summed E-state index contributed by atoms with van der Waals surface area (Å²) in [4.78, 5) is 0.0828. The third-order valence-electron chi connectivity index (χ3n) is 3.37. The van der Waals surface area contributed by atoms with Crippen LogP contribution in [0.1, 0.15) is 0 Å². The molecule has 0 unspecified atom stereocenters. The van der Waals surface area contributed by atoms with E-state index in [1.54, 1.807) is 6.08 Å². The van der Waals surface area contributed by atoms with Crippen molar-refractivity contribution in [3.8, 4) is 0 Å². The van der Waals surface area contributed by atoms with Crippen LogP contribution in [0.5, 0.6) is 0 Å². The smallest absolute Gasteiger partial charge is 0.183 e. The Morgan fingerprint density at radius 1 is 1.29 bits per heavy atom. The first kappa shape index (κ1) is 16.5. The largest absolute Gasteiger partial charge is 0.308 e. The molecule has 0 bridgehead atoms. The molecule has 1 fully saturated rings. The first-order valence-electron chi connectivity index (χ1n) is 6.30. The summed E-state index contributed by atoms with van der Waals surface area (Å²) in [6.45, 7) is 3.89. The summed E-state index contributed by atoms with van der Waals surface area (Å²) in [6.07, 6.45) is 1.57. The Labute approximate surface area is 129 Å². The minimum atomic E-state index is -3.74. The van der Waals surface area contributed by atoms with Gasteiger partial charge in [-0.15, -0.1) is 6.58 Å². The minimum absolute atomic E-state index is 0.0828. The first-order chi connectivity index (χ1) is 9.76. The van der Waals surface area contributed by atoms with Crippen LogP contribution in [0.2, 0.25) is 5.02 Å². The third-order valence-corrected chi connectivity index (χ3v) is 7.78. The highest BCUT2D eigenvalue weighted by Gasteiger charge is 2.45. The van der Waals surface area contributed by atoms with Crippen molar-refractivity contribution in [3.05, 3.63) is 41.9 Å². The molecule has 0 amide bonds. The Balaban J connectivity index is 2.36. The highest BCUT2D eigenvalue weighted by Crippen LogP contribution is 2.26. The second kappa shape index (κ2) is 6.08. The molecule has 0 spiro atoms. The summed E-state index contributed by atoms with van der Waals surface area (Å²) in [7, 11) is -7.12. The van der Waals surface area contributed by atoms with Crippen LogP contribution >= 0.6 is 11.6 Å². The average molecular weight is 350 g/mol. The Morgan fingerprint density at radius 3 is 2.48 bits per heavy atom. The lowest BCUT2D eigenvalue weighted by Gasteiger charge is -2.19. The van der Waals surface area contributed by atoms with Gasteiger partial charge in [0.1, 0.15) is 0 Å². The second-order valence-corrected chi connectivity index (χ2v) is 9.67. The topological polar surface area (TPSA) is 80.3 Å². The molecular weight excluding hydrogens is 334 g/mol. The zero-order valence-electron chi connectivity index (χ0n) is 11.2. The fourth-order valence-electron chi connectivity index (χ4n) is 2.35. The lowest BCUT2D eigenvalue weighted by atomic mass is 10.2. The van der Waals surface area contributed by atoms with Crippen LogP contribution in [0, 0.1) is 0 Å². The fraction of sp³-hybridized carbons (Fsp3) is 0.385. The zero-order valence-corrected chi connectivity index (χ0v) is 13.6. The van der Waals surface area contributed by atoms with E-state index in [9.17, 15) is 16.8 Å².